The molecule has 0 saturated heterocycles. The molecule has 2 aromatic carbocycles. The van der Waals surface area contributed by atoms with Crippen molar-refractivity contribution >= 4 is 39.1 Å². The number of nitrogens with one attached hydrogen (secondary N) is 1. The maximum atomic E-state index is 13.7. The van der Waals surface area contributed by atoms with Gasteiger partial charge >= 0.3 is 0 Å². The Kier molecular flexibility index (Phi) is 4.22. The third-order valence-electron chi connectivity index (χ3n) is 2.55. The highest BCUT2D eigenvalue weighted by Crippen LogP contribution is 2.26. The largest absolute Gasteiger partial charge is 0.322 e. The van der Waals surface area contributed by atoms with Crippen molar-refractivity contribution in [2.75, 3.05) is 5.32 Å². The van der Waals surface area contributed by atoms with Crippen LogP contribution in [0.25, 0.3) is 0 Å². The normalized spacial score (nSPS) is 10.3. The van der Waals surface area contributed by atoms with Gasteiger partial charge in [0.05, 0.1) is 10.6 Å². The van der Waals surface area contributed by atoms with Crippen LogP contribution in [-0.4, -0.2) is 5.91 Å². The fourth-order valence-corrected chi connectivity index (χ4v) is 2.07. The number of carbonyl (C=O) groups is 1. The minimum Gasteiger partial charge on any atom is -0.322 e. The molecule has 5 heteroatoms. The van der Waals surface area contributed by atoms with Gasteiger partial charge < -0.3 is 5.32 Å². The molecule has 0 aliphatic heterocycles. The third-order valence-corrected chi connectivity index (χ3v) is 3.76. The Morgan fingerprint density at radius 2 is 2.00 bits per heavy atom. The molecule has 2 nitrogen and oxygen atoms in total. The fourth-order valence-electron chi connectivity index (χ4n) is 1.58. The molecule has 1 amide bonds. The standard InChI is InChI=1S/C14H10BrClFNO/c1-8-2-4-10(13(17)6-8)14(19)18-9-3-5-12(16)11(15)7-9/h2-7H,1H3,(H,18,19). The van der Waals surface area contributed by atoms with Crippen LogP contribution in [-0.2, 0) is 0 Å². The highest BCUT2D eigenvalue weighted by Gasteiger charge is 2.12. The predicted molar refractivity (Wildman–Crippen MR) is 78.2 cm³/mol. The third kappa shape index (κ3) is 3.33. The number of hydrogen-bond donors (Lipinski definition) is 1. The highest BCUT2D eigenvalue weighted by atomic mass is 79.9. The van der Waals surface area contributed by atoms with E-state index in [2.05, 4.69) is 21.2 Å². The van der Waals surface area contributed by atoms with Gasteiger partial charge in [-0.05, 0) is 58.7 Å². The van der Waals surface area contributed by atoms with E-state index in [1.165, 1.54) is 12.1 Å². The lowest BCUT2D eigenvalue weighted by Gasteiger charge is -2.07. The van der Waals surface area contributed by atoms with Gasteiger partial charge in [0.1, 0.15) is 5.82 Å². The van der Waals surface area contributed by atoms with Crippen LogP contribution in [0.3, 0.4) is 0 Å². The summed E-state index contributed by atoms with van der Waals surface area (Å²) in [6.45, 7) is 1.76. The Morgan fingerprint density at radius 3 is 2.63 bits per heavy atom. The van der Waals surface area contributed by atoms with Crippen LogP contribution in [0.15, 0.2) is 40.9 Å². The first-order valence-electron chi connectivity index (χ1n) is 5.50. The molecule has 0 heterocycles. The molecule has 0 spiro atoms. The van der Waals surface area contributed by atoms with E-state index in [9.17, 15) is 9.18 Å². The molecule has 0 atom stereocenters. The number of aryl methyl sites for hydroxylation is 1. The number of hydrogen-bond acceptors (Lipinski definition) is 1. The van der Waals surface area contributed by atoms with E-state index in [0.29, 0.717) is 15.2 Å². The molecule has 0 fully saturated rings. The summed E-state index contributed by atoms with van der Waals surface area (Å²) in [7, 11) is 0. The van der Waals surface area contributed by atoms with E-state index in [1.807, 2.05) is 0 Å². The first kappa shape index (κ1) is 14.0. The molecule has 0 saturated carbocycles. The zero-order valence-electron chi connectivity index (χ0n) is 10.0. The Bertz CT molecular complexity index is 645. The fraction of sp³-hybridized carbons (Fsp3) is 0.0714. The maximum Gasteiger partial charge on any atom is 0.258 e. The first-order chi connectivity index (χ1) is 8.97. The summed E-state index contributed by atoms with van der Waals surface area (Å²) in [6, 6.07) is 9.43. The van der Waals surface area contributed by atoms with Gasteiger partial charge in [-0.2, -0.15) is 0 Å². The van der Waals surface area contributed by atoms with Crippen LogP contribution in [0.2, 0.25) is 5.02 Å². The van der Waals surface area contributed by atoms with Gasteiger partial charge in [-0.3, -0.25) is 4.79 Å². The second kappa shape index (κ2) is 5.72. The first-order valence-corrected chi connectivity index (χ1v) is 6.67. The van der Waals surface area contributed by atoms with Crippen molar-refractivity contribution in [3.63, 3.8) is 0 Å². The average molecular weight is 343 g/mol. The van der Waals surface area contributed by atoms with Crippen LogP contribution in [0, 0.1) is 12.7 Å². The molecule has 0 aromatic heterocycles. The number of anilines is 1. The summed E-state index contributed by atoms with van der Waals surface area (Å²) in [5.41, 5.74) is 1.32. The Labute approximate surface area is 123 Å². The van der Waals surface area contributed by atoms with Crippen LogP contribution in [0.4, 0.5) is 10.1 Å². The van der Waals surface area contributed by atoms with Crippen molar-refractivity contribution in [3.8, 4) is 0 Å². The summed E-state index contributed by atoms with van der Waals surface area (Å²) in [5.74, 6) is -1.03. The van der Waals surface area contributed by atoms with E-state index < -0.39 is 11.7 Å². The van der Waals surface area contributed by atoms with Gasteiger partial charge in [0, 0.05) is 10.2 Å². The number of carbonyl (C=O) groups excluding carboxylic acids is 1. The number of rotatable bonds is 2. The van der Waals surface area contributed by atoms with Crippen molar-refractivity contribution < 1.29 is 9.18 Å². The summed E-state index contributed by atoms with van der Waals surface area (Å²) < 4.78 is 14.3. The van der Waals surface area contributed by atoms with Crippen molar-refractivity contribution in [3.05, 3.63) is 62.8 Å². The molecule has 19 heavy (non-hydrogen) atoms. The molecule has 0 aliphatic rings. The lowest BCUT2D eigenvalue weighted by atomic mass is 10.1. The Morgan fingerprint density at radius 1 is 1.26 bits per heavy atom. The predicted octanol–water partition coefficient (Wildman–Crippen LogP) is 4.80. The van der Waals surface area contributed by atoms with Gasteiger partial charge in [0.2, 0.25) is 0 Å². The summed E-state index contributed by atoms with van der Waals surface area (Å²) in [4.78, 5) is 11.9. The zero-order valence-corrected chi connectivity index (χ0v) is 12.3. The summed E-state index contributed by atoms with van der Waals surface area (Å²) in [6.07, 6.45) is 0. The number of benzene rings is 2. The van der Waals surface area contributed by atoms with Crippen LogP contribution in [0.1, 0.15) is 15.9 Å². The Hall–Kier alpha value is -1.39. The van der Waals surface area contributed by atoms with Gasteiger partial charge in [-0.1, -0.05) is 17.7 Å². The molecule has 98 valence electrons. The van der Waals surface area contributed by atoms with E-state index in [4.69, 9.17) is 11.6 Å². The minimum absolute atomic E-state index is 0.0108. The topological polar surface area (TPSA) is 29.1 Å². The van der Waals surface area contributed by atoms with E-state index >= 15 is 0 Å². The van der Waals surface area contributed by atoms with Crippen molar-refractivity contribution in [2.24, 2.45) is 0 Å². The molecule has 0 aliphatic carbocycles. The number of amides is 1. The zero-order chi connectivity index (χ0) is 14.0. The van der Waals surface area contributed by atoms with Gasteiger partial charge in [-0.25, -0.2) is 4.39 Å². The molecule has 2 rings (SSSR count). The molecular weight excluding hydrogens is 333 g/mol. The second-order valence-corrected chi connectivity index (χ2v) is 5.33. The monoisotopic (exact) mass is 341 g/mol. The molecular formula is C14H10BrClFNO. The minimum atomic E-state index is -0.537. The van der Waals surface area contributed by atoms with Gasteiger partial charge in [0.25, 0.3) is 5.91 Å². The van der Waals surface area contributed by atoms with Crippen LogP contribution >= 0.6 is 27.5 Å². The molecule has 1 N–H and O–H groups in total. The molecule has 0 bridgehead atoms. The highest BCUT2D eigenvalue weighted by molar-refractivity contribution is 9.10. The second-order valence-electron chi connectivity index (χ2n) is 4.07. The van der Waals surface area contributed by atoms with Crippen molar-refractivity contribution in [1.82, 2.24) is 0 Å². The van der Waals surface area contributed by atoms with Crippen molar-refractivity contribution in [1.29, 1.82) is 0 Å². The van der Waals surface area contributed by atoms with E-state index in [1.54, 1.807) is 31.2 Å². The average Bonchev–Trinajstić information content (AvgIpc) is 2.33. The Balaban J connectivity index is 2.23. The summed E-state index contributed by atoms with van der Waals surface area (Å²) in [5, 5.41) is 3.16. The smallest absolute Gasteiger partial charge is 0.258 e. The van der Waals surface area contributed by atoms with Gasteiger partial charge in [0.15, 0.2) is 0 Å². The SMILES string of the molecule is Cc1ccc(C(=O)Nc2ccc(Cl)c(Br)c2)c(F)c1. The molecule has 2 aromatic rings. The lowest BCUT2D eigenvalue weighted by Crippen LogP contribution is -2.13. The van der Waals surface area contributed by atoms with Crippen LogP contribution in [0.5, 0.6) is 0 Å². The van der Waals surface area contributed by atoms with E-state index in [0.717, 1.165) is 5.56 Å². The van der Waals surface area contributed by atoms with Crippen molar-refractivity contribution in [2.45, 2.75) is 6.92 Å². The quantitative estimate of drug-likeness (QED) is 0.834. The van der Waals surface area contributed by atoms with E-state index in [-0.39, 0.29) is 5.56 Å². The molecule has 0 unspecified atom stereocenters. The molecule has 0 radical (unpaired) electrons. The number of halogens is 3. The summed E-state index contributed by atoms with van der Waals surface area (Å²) >= 11 is 9.12. The van der Waals surface area contributed by atoms with Gasteiger partial charge in [-0.15, -0.1) is 0 Å². The lowest BCUT2D eigenvalue weighted by molar-refractivity contribution is 0.102. The van der Waals surface area contributed by atoms with Crippen LogP contribution < -0.4 is 5.32 Å². The maximum absolute atomic E-state index is 13.7.